The van der Waals surface area contributed by atoms with Gasteiger partial charge < -0.3 is 9.84 Å². The highest BCUT2D eigenvalue weighted by Gasteiger charge is 2.37. The quantitative estimate of drug-likeness (QED) is 0.732. The normalized spacial score (nSPS) is 20.1. The zero-order chi connectivity index (χ0) is 12.0. The van der Waals surface area contributed by atoms with Crippen LogP contribution < -0.4 is 0 Å². The fourth-order valence-electron chi connectivity index (χ4n) is 2.34. The Labute approximate surface area is 96.0 Å². The van der Waals surface area contributed by atoms with E-state index >= 15 is 0 Å². The highest BCUT2D eigenvalue weighted by molar-refractivity contribution is 5.89. The van der Waals surface area contributed by atoms with Gasteiger partial charge in [0.2, 0.25) is 0 Å². The van der Waals surface area contributed by atoms with E-state index in [1.54, 1.807) is 7.11 Å². The third-order valence-electron chi connectivity index (χ3n) is 3.38. The van der Waals surface area contributed by atoms with Crippen LogP contribution in [-0.4, -0.2) is 29.6 Å². The Balaban J connectivity index is 2.61. The predicted molar refractivity (Wildman–Crippen MR) is 59.3 cm³/mol. The van der Waals surface area contributed by atoms with Gasteiger partial charge in [-0.1, -0.05) is 25.7 Å². The van der Waals surface area contributed by atoms with Gasteiger partial charge in [-0.2, -0.15) is 0 Å². The lowest BCUT2D eigenvalue weighted by Gasteiger charge is -2.29. The molecule has 0 aromatic carbocycles. The lowest BCUT2D eigenvalue weighted by molar-refractivity contribution is -0.146. The van der Waals surface area contributed by atoms with Gasteiger partial charge in [0.25, 0.3) is 0 Å². The van der Waals surface area contributed by atoms with E-state index in [9.17, 15) is 9.59 Å². The monoisotopic (exact) mass is 228 g/mol. The number of methoxy groups -OCH3 is 1. The largest absolute Gasteiger partial charge is 0.481 e. The summed E-state index contributed by atoms with van der Waals surface area (Å²) in [5, 5.41) is 8.58. The Bertz CT molecular complexity index is 252. The van der Waals surface area contributed by atoms with Crippen molar-refractivity contribution in [2.24, 2.45) is 0 Å². The summed E-state index contributed by atoms with van der Waals surface area (Å²) in [7, 11) is 1.56. The van der Waals surface area contributed by atoms with Crippen molar-refractivity contribution in [2.45, 2.75) is 57.0 Å². The van der Waals surface area contributed by atoms with Crippen molar-refractivity contribution in [3.63, 3.8) is 0 Å². The molecular weight excluding hydrogens is 208 g/mol. The van der Waals surface area contributed by atoms with Crippen LogP contribution in [0.3, 0.4) is 0 Å². The van der Waals surface area contributed by atoms with Crippen LogP contribution in [0.2, 0.25) is 0 Å². The maximum absolute atomic E-state index is 12.0. The molecular formula is C12H20O4. The summed E-state index contributed by atoms with van der Waals surface area (Å²) in [6, 6.07) is 0. The second kappa shape index (κ2) is 5.99. The van der Waals surface area contributed by atoms with Crippen molar-refractivity contribution in [3.05, 3.63) is 0 Å². The minimum atomic E-state index is -0.923. The van der Waals surface area contributed by atoms with Crippen molar-refractivity contribution >= 4 is 11.8 Å². The van der Waals surface area contributed by atoms with Gasteiger partial charge in [-0.25, -0.2) is 0 Å². The zero-order valence-electron chi connectivity index (χ0n) is 9.83. The van der Waals surface area contributed by atoms with Gasteiger partial charge in [0.05, 0.1) is 6.42 Å². The average molecular weight is 228 g/mol. The first-order valence-corrected chi connectivity index (χ1v) is 5.91. The van der Waals surface area contributed by atoms with Gasteiger partial charge in [0.15, 0.2) is 5.78 Å². The van der Waals surface area contributed by atoms with E-state index in [2.05, 4.69) is 0 Å². The average Bonchev–Trinajstić information content (AvgIpc) is 2.51. The van der Waals surface area contributed by atoms with Gasteiger partial charge in [-0.3, -0.25) is 9.59 Å². The van der Waals surface area contributed by atoms with Crippen molar-refractivity contribution in [2.75, 3.05) is 7.11 Å². The number of hydrogen-bond acceptors (Lipinski definition) is 3. The van der Waals surface area contributed by atoms with E-state index < -0.39 is 11.6 Å². The van der Waals surface area contributed by atoms with E-state index in [-0.39, 0.29) is 18.6 Å². The Kier molecular flexibility index (Phi) is 4.93. The van der Waals surface area contributed by atoms with Crippen molar-refractivity contribution in [3.8, 4) is 0 Å². The van der Waals surface area contributed by atoms with Crippen LogP contribution in [0.1, 0.15) is 51.4 Å². The number of ether oxygens (including phenoxy) is 1. The molecule has 0 aliphatic heterocycles. The van der Waals surface area contributed by atoms with Gasteiger partial charge >= 0.3 is 5.97 Å². The van der Waals surface area contributed by atoms with Crippen LogP contribution in [-0.2, 0) is 14.3 Å². The molecule has 0 amide bonds. The highest BCUT2D eigenvalue weighted by Crippen LogP contribution is 2.32. The van der Waals surface area contributed by atoms with Crippen LogP contribution in [0.5, 0.6) is 0 Å². The summed E-state index contributed by atoms with van der Waals surface area (Å²) in [6.07, 6.45) is 5.73. The van der Waals surface area contributed by atoms with Crippen LogP contribution >= 0.6 is 0 Å². The fraction of sp³-hybridized carbons (Fsp3) is 0.833. The number of hydrogen-bond donors (Lipinski definition) is 1. The third kappa shape index (κ3) is 3.30. The number of carboxylic acid groups (broad SMARTS) is 1. The molecule has 1 rings (SSSR count). The smallest absolute Gasteiger partial charge is 0.303 e. The number of carbonyl (C=O) groups is 2. The van der Waals surface area contributed by atoms with E-state index in [1.165, 1.54) is 0 Å². The van der Waals surface area contributed by atoms with Crippen molar-refractivity contribution < 1.29 is 19.4 Å². The molecule has 0 unspecified atom stereocenters. The molecule has 1 aliphatic rings. The molecule has 1 saturated carbocycles. The molecule has 4 nitrogen and oxygen atoms in total. The molecule has 92 valence electrons. The molecule has 0 radical (unpaired) electrons. The molecule has 0 aromatic heterocycles. The van der Waals surface area contributed by atoms with Gasteiger partial charge in [-0.15, -0.1) is 0 Å². The fourth-order valence-corrected chi connectivity index (χ4v) is 2.34. The highest BCUT2D eigenvalue weighted by atomic mass is 16.5. The van der Waals surface area contributed by atoms with Gasteiger partial charge in [0.1, 0.15) is 5.60 Å². The summed E-state index contributed by atoms with van der Waals surface area (Å²) in [5.41, 5.74) is -0.702. The maximum atomic E-state index is 12.0. The van der Waals surface area contributed by atoms with Crippen molar-refractivity contribution in [1.29, 1.82) is 0 Å². The first-order valence-electron chi connectivity index (χ1n) is 5.91. The van der Waals surface area contributed by atoms with E-state index in [0.717, 1.165) is 38.5 Å². The number of ketones is 1. The predicted octanol–water partition coefficient (Wildman–Crippen LogP) is 2.16. The maximum Gasteiger partial charge on any atom is 0.303 e. The van der Waals surface area contributed by atoms with Crippen LogP contribution in [0.15, 0.2) is 0 Å². The summed E-state index contributed by atoms with van der Waals surface area (Å²) in [6.45, 7) is 0. The lowest BCUT2D eigenvalue weighted by atomic mass is 9.87. The molecule has 0 heterocycles. The third-order valence-corrected chi connectivity index (χ3v) is 3.38. The SMILES string of the molecule is COC1(C(=O)CCC(=O)O)CCCCCC1. The zero-order valence-corrected chi connectivity index (χ0v) is 9.83. The standard InChI is InChI=1S/C12H20O4/c1-16-12(8-4-2-3-5-9-12)10(13)6-7-11(14)15/h2-9H2,1H3,(H,14,15). The first kappa shape index (κ1) is 13.2. The van der Waals surface area contributed by atoms with Crippen LogP contribution in [0, 0.1) is 0 Å². The van der Waals surface area contributed by atoms with Gasteiger partial charge in [-0.05, 0) is 12.8 Å². The molecule has 0 aromatic rings. The summed E-state index contributed by atoms with van der Waals surface area (Å²) in [4.78, 5) is 22.5. The van der Waals surface area contributed by atoms with E-state index in [4.69, 9.17) is 9.84 Å². The van der Waals surface area contributed by atoms with E-state index in [0.29, 0.717) is 0 Å². The summed E-state index contributed by atoms with van der Waals surface area (Å²) >= 11 is 0. The Hall–Kier alpha value is -0.900. The van der Waals surface area contributed by atoms with E-state index in [1.807, 2.05) is 0 Å². The molecule has 0 atom stereocenters. The topological polar surface area (TPSA) is 63.6 Å². The Morgan fingerprint density at radius 3 is 2.12 bits per heavy atom. The minimum absolute atomic E-state index is 0.0423. The van der Waals surface area contributed by atoms with Crippen LogP contribution in [0.4, 0.5) is 0 Å². The number of rotatable bonds is 5. The molecule has 4 heteroatoms. The lowest BCUT2D eigenvalue weighted by Crippen LogP contribution is -2.40. The molecule has 0 spiro atoms. The Morgan fingerprint density at radius 1 is 1.12 bits per heavy atom. The number of carboxylic acids is 1. The summed E-state index contributed by atoms with van der Waals surface area (Å²) in [5.74, 6) is -0.965. The van der Waals surface area contributed by atoms with Crippen LogP contribution in [0.25, 0.3) is 0 Å². The Morgan fingerprint density at radius 2 is 1.69 bits per heavy atom. The molecule has 1 fully saturated rings. The first-order chi connectivity index (χ1) is 7.60. The second-order valence-corrected chi connectivity index (χ2v) is 4.43. The van der Waals surface area contributed by atoms with Gasteiger partial charge in [0, 0.05) is 13.5 Å². The minimum Gasteiger partial charge on any atom is -0.481 e. The number of Topliss-reactive ketones (excluding diaryl/α,β-unsaturated/α-hetero) is 1. The second-order valence-electron chi connectivity index (χ2n) is 4.43. The molecule has 1 N–H and O–H groups in total. The molecule has 1 aliphatic carbocycles. The molecule has 0 saturated heterocycles. The van der Waals surface area contributed by atoms with Crippen molar-refractivity contribution in [1.82, 2.24) is 0 Å². The number of carbonyl (C=O) groups excluding carboxylic acids is 1. The number of aliphatic carboxylic acids is 1. The molecule has 16 heavy (non-hydrogen) atoms. The summed E-state index contributed by atoms with van der Waals surface area (Å²) < 4.78 is 5.41. The molecule has 0 bridgehead atoms.